The molecule has 0 bridgehead atoms. The Kier molecular flexibility index (Phi) is 3.19. The molecule has 110 valence electrons. The molecular formula is C17H16F3N. The minimum absolute atomic E-state index is 0.0454. The Balaban J connectivity index is 1.91. The molecule has 21 heavy (non-hydrogen) atoms. The maximum atomic E-state index is 12.8. The van der Waals surface area contributed by atoms with E-state index < -0.39 is 11.7 Å². The predicted molar refractivity (Wildman–Crippen MR) is 77.4 cm³/mol. The second kappa shape index (κ2) is 4.79. The monoisotopic (exact) mass is 291 g/mol. The van der Waals surface area contributed by atoms with Crippen LogP contribution in [-0.2, 0) is 12.6 Å². The van der Waals surface area contributed by atoms with Crippen molar-refractivity contribution in [3.05, 3.63) is 64.2 Å². The lowest BCUT2D eigenvalue weighted by Crippen LogP contribution is -2.07. The van der Waals surface area contributed by atoms with E-state index in [9.17, 15) is 13.2 Å². The molecule has 0 aliphatic carbocycles. The number of hydrogen-bond donors (Lipinski definition) is 1. The molecule has 0 fully saturated rings. The fraction of sp³-hybridized carbons (Fsp3) is 0.294. The van der Waals surface area contributed by atoms with Crippen LogP contribution in [-0.4, -0.2) is 0 Å². The van der Waals surface area contributed by atoms with Crippen LogP contribution in [0.3, 0.4) is 0 Å². The van der Waals surface area contributed by atoms with Gasteiger partial charge in [-0.05, 0) is 55.2 Å². The van der Waals surface area contributed by atoms with Gasteiger partial charge in [0.15, 0.2) is 0 Å². The molecule has 0 aromatic heterocycles. The number of nitrogens with one attached hydrogen (secondary N) is 1. The first-order valence-electron chi connectivity index (χ1n) is 6.88. The van der Waals surface area contributed by atoms with Gasteiger partial charge in [0.05, 0.1) is 11.6 Å². The maximum Gasteiger partial charge on any atom is 0.416 e. The Bertz CT molecular complexity index is 689. The van der Waals surface area contributed by atoms with Gasteiger partial charge >= 0.3 is 6.18 Å². The summed E-state index contributed by atoms with van der Waals surface area (Å²) in [6.07, 6.45) is -3.70. The quantitative estimate of drug-likeness (QED) is 0.777. The first-order chi connectivity index (χ1) is 9.84. The van der Waals surface area contributed by atoms with E-state index in [-0.39, 0.29) is 6.04 Å². The number of aryl methyl sites for hydroxylation is 2. The van der Waals surface area contributed by atoms with E-state index in [2.05, 4.69) is 17.4 Å². The van der Waals surface area contributed by atoms with Crippen molar-refractivity contribution in [3.8, 4) is 0 Å². The topological polar surface area (TPSA) is 12.0 Å². The molecule has 1 nitrogen and oxygen atoms in total. The lowest BCUT2D eigenvalue weighted by Gasteiger charge is -2.15. The Labute approximate surface area is 121 Å². The number of anilines is 1. The molecule has 2 aromatic carbocycles. The van der Waals surface area contributed by atoms with Gasteiger partial charge in [-0.1, -0.05) is 23.8 Å². The molecule has 0 spiro atoms. The SMILES string of the molecule is Cc1ccc(C2Cc3cc(C(F)(F)F)ccc3N2)c(C)c1. The van der Waals surface area contributed by atoms with Gasteiger partial charge in [0.2, 0.25) is 0 Å². The first-order valence-corrected chi connectivity index (χ1v) is 6.88. The maximum absolute atomic E-state index is 12.8. The summed E-state index contributed by atoms with van der Waals surface area (Å²) in [7, 11) is 0. The van der Waals surface area contributed by atoms with Crippen molar-refractivity contribution in [1.29, 1.82) is 0 Å². The largest absolute Gasteiger partial charge is 0.416 e. The summed E-state index contributed by atoms with van der Waals surface area (Å²) in [5.74, 6) is 0. The van der Waals surface area contributed by atoms with Crippen LogP contribution in [0.2, 0.25) is 0 Å². The summed E-state index contributed by atoms with van der Waals surface area (Å²) in [6, 6.07) is 10.2. The zero-order chi connectivity index (χ0) is 15.2. The number of benzene rings is 2. The van der Waals surface area contributed by atoms with Crippen LogP contribution >= 0.6 is 0 Å². The number of hydrogen-bond acceptors (Lipinski definition) is 1. The molecule has 3 rings (SSSR count). The van der Waals surface area contributed by atoms with Crippen molar-refractivity contribution in [2.24, 2.45) is 0 Å². The number of fused-ring (bicyclic) bond motifs is 1. The van der Waals surface area contributed by atoms with E-state index >= 15 is 0 Å². The zero-order valence-corrected chi connectivity index (χ0v) is 11.9. The molecule has 1 atom stereocenters. The number of rotatable bonds is 1. The van der Waals surface area contributed by atoms with E-state index in [0.29, 0.717) is 6.42 Å². The Morgan fingerprint density at radius 3 is 2.48 bits per heavy atom. The Morgan fingerprint density at radius 1 is 1.05 bits per heavy atom. The summed E-state index contributed by atoms with van der Waals surface area (Å²) >= 11 is 0. The summed E-state index contributed by atoms with van der Waals surface area (Å²) in [5, 5.41) is 3.32. The van der Waals surface area contributed by atoms with Crippen LogP contribution in [0.5, 0.6) is 0 Å². The molecule has 1 unspecified atom stereocenters. The highest BCUT2D eigenvalue weighted by atomic mass is 19.4. The van der Waals surface area contributed by atoms with Crippen LogP contribution in [0.1, 0.15) is 33.9 Å². The lowest BCUT2D eigenvalue weighted by molar-refractivity contribution is -0.137. The van der Waals surface area contributed by atoms with E-state index in [1.165, 1.54) is 17.7 Å². The second-order valence-electron chi connectivity index (χ2n) is 5.63. The van der Waals surface area contributed by atoms with Crippen molar-refractivity contribution in [3.63, 3.8) is 0 Å². The van der Waals surface area contributed by atoms with Crippen molar-refractivity contribution in [2.75, 3.05) is 5.32 Å². The molecule has 2 aromatic rings. The van der Waals surface area contributed by atoms with Gasteiger partial charge in [0, 0.05) is 5.69 Å². The van der Waals surface area contributed by atoms with Crippen LogP contribution < -0.4 is 5.32 Å². The third-order valence-electron chi connectivity index (χ3n) is 3.99. The average Bonchev–Trinajstić information content (AvgIpc) is 2.79. The minimum Gasteiger partial charge on any atom is -0.378 e. The van der Waals surface area contributed by atoms with Crippen molar-refractivity contribution in [2.45, 2.75) is 32.5 Å². The van der Waals surface area contributed by atoms with Gasteiger partial charge in [-0.2, -0.15) is 13.2 Å². The van der Waals surface area contributed by atoms with E-state index in [1.54, 1.807) is 0 Å². The van der Waals surface area contributed by atoms with Crippen molar-refractivity contribution in [1.82, 2.24) is 0 Å². The van der Waals surface area contributed by atoms with Crippen LogP contribution in [0.4, 0.5) is 18.9 Å². The molecule has 1 N–H and O–H groups in total. The number of halogens is 3. The third kappa shape index (κ3) is 2.62. The summed E-state index contributed by atoms with van der Waals surface area (Å²) in [5.41, 5.74) is 4.44. The fourth-order valence-electron chi connectivity index (χ4n) is 2.94. The summed E-state index contributed by atoms with van der Waals surface area (Å²) < 4.78 is 38.3. The highest BCUT2D eigenvalue weighted by Gasteiger charge is 2.32. The second-order valence-corrected chi connectivity index (χ2v) is 5.63. The minimum atomic E-state index is -4.28. The molecule has 0 amide bonds. The van der Waals surface area contributed by atoms with E-state index in [0.717, 1.165) is 28.4 Å². The first kappa shape index (κ1) is 14.0. The fourth-order valence-corrected chi connectivity index (χ4v) is 2.94. The third-order valence-corrected chi connectivity index (χ3v) is 3.99. The van der Waals surface area contributed by atoms with Crippen molar-refractivity contribution >= 4 is 5.69 Å². The Hall–Kier alpha value is -1.97. The molecule has 1 heterocycles. The van der Waals surface area contributed by atoms with Gasteiger partial charge < -0.3 is 5.32 Å². The molecule has 4 heteroatoms. The average molecular weight is 291 g/mol. The van der Waals surface area contributed by atoms with Crippen LogP contribution in [0, 0.1) is 13.8 Å². The van der Waals surface area contributed by atoms with Gasteiger partial charge in [0.25, 0.3) is 0 Å². The van der Waals surface area contributed by atoms with Gasteiger partial charge in [-0.3, -0.25) is 0 Å². The molecular weight excluding hydrogens is 275 g/mol. The van der Waals surface area contributed by atoms with Gasteiger partial charge in [-0.25, -0.2) is 0 Å². The Morgan fingerprint density at radius 2 is 1.81 bits per heavy atom. The zero-order valence-electron chi connectivity index (χ0n) is 11.9. The van der Waals surface area contributed by atoms with Crippen LogP contribution in [0.15, 0.2) is 36.4 Å². The van der Waals surface area contributed by atoms with Crippen LogP contribution in [0.25, 0.3) is 0 Å². The summed E-state index contributed by atoms with van der Waals surface area (Å²) in [4.78, 5) is 0. The molecule has 0 saturated carbocycles. The van der Waals surface area contributed by atoms with Crippen molar-refractivity contribution < 1.29 is 13.2 Å². The number of alkyl halides is 3. The highest BCUT2D eigenvalue weighted by molar-refractivity contribution is 5.60. The smallest absolute Gasteiger partial charge is 0.378 e. The van der Waals surface area contributed by atoms with E-state index in [1.807, 2.05) is 19.9 Å². The highest BCUT2D eigenvalue weighted by Crippen LogP contribution is 2.39. The van der Waals surface area contributed by atoms with Gasteiger partial charge in [0.1, 0.15) is 0 Å². The molecule has 0 saturated heterocycles. The molecule has 1 aliphatic rings. The van der Waals surface area contributed by atoms with Gasteiger partial charge in [-0.15, -0.1) is 0 Å². The predicted octanol–water partition coefficient (Wildman–Crippen LogP) is 5.03. The normalized spacial score (nSPS) is 17.5. The summed E-state index contributed by atoms with van der Waals surface area (Å²) in [6.45, 7) is 4.07. The van der Waals surface area contributed by atoms with E-state index in [4.69, 9.17) is 0 Å². The molecule has 0 radical (unpaired) electrons. The standard InChI is InChI=1S/C17H16F3N/c1-10-3-5-14(11(2)7-10)16-9-12-8-13(17(18,19)20)4-6-15(12)21-16/h3-8,16,21H,9H2,1-2H3. The molecule has 1 aliphatic heterocycles. The lowest BCUT2D eigenvalue weighted by atomic mass is 9.96.